The van der Waals surface area contributed by atoms with Crippen molar-refractivity contribution in [3.63, 3.8) is 0 Å². The van der Waals surface area contributed by atoms with Gasteiger partial charge in [-0.2, -0.15) is 5.26 Å². The van der Waals surface area contributed by atoms with Crippen LogP contribution in [0.1, 0.15) is 26.5 Å². The number of hydrogen-bond acceptors (Lipinski definition) is 5. The summed E-state index contributed by atoms with van der Waals surface area (Å²) < 4.78 is 0. The van der Waals surface area contributed by atoms with Crippen molar-refractivity contribution in [1.29, 1.82) is 5.26 Å². The number of carbonyl (C=O) groups is 1. The minimum Gasteiger partial charge on any atom is -0.341 e. The van der Waals surface area contributed by atoms with Crippen molar-refractivity contribution in [2.75, 3.05) is 11.9 Å². The minimum absolute atomic E-state index is 0.277. The molecule has 19 heavy (non-hydrogen) atoms. The van der Waals surface area contributed by atoms with Crippen molar-refractivity contribution in [2.24, 2.45) is 0 Å². The van der Waals surface area contributed by atoms with Crippen LogP contribution in [0.5, 0.6) is 0 Å². The molecule has 1 amide bonds. The van der Waals surface area contributed by atoms with E-state index in [1.165, 1.54) is 23.9 Å². The summed E-state index contributed by atoms with van der Waals surface area (Å²) in [4.78, 5) is 19.6. The molecule has 0 bridgehead atoms. The van der Waals surface area contributed by atoms with E-state index in [4.69, 9.17) is 0 Å². The standard InChI is InChI=1S/C12H11N5OS/c13-3-8-7-1-2-14-5-10(7)19-12(8)17-11(18)9-4-15-6-16-9/h4,6,14H,1-2,5H2,(H,15,16)(H,17,18). The first-order valence-electron chi connectivity index (χ1n) is 5.84. The van der Waals surface area contributed by atoms with Gasteiger partial charge in [-0.05, 0) is 18.5 Å². The Kier molecular flexibility index (Phi) is 3.03. The van der Waals surface area contributed by atoms with Gasteiger partial charge in [0, 0.05) is 11.4 Å². The Morgan fingerprint density at radius 2 is 2.47 bits per heavy atom. The fraction of sp³-hybridized carbons (Fsp3) is 0.250. The Bertz CT molecular complexity index is 652. The Morgan fingerprint density at radius 3 is 3.21 bits per heavy atom. The Hall–Kier alpha value is -2.17. The first-order chi connectivity index (χ1) is 9.29. The lowest BCUT2D eigenvalue weighted by atomic mass is 10.1. The van der Waals surface area contributed by atoms with E-state index in [0.717, 1.165) is 30.0 Å². The van der Waals surface area contributed by atoms with Crippen LogP contribution in [0.4, 0.5) is 5.00 Å². The summed E-state index contributed by atoms with van der Waals surface area (Å²) >= 11 is 1.46. The van der Waals surface area contributed by atoms with E-state index in [0.29, 0.717) is 16.3 Å². The summed E-state index contributed by atoms with van der Waals surface area (Å²) in [7, 11) is 0. The van der Waals surface area contributed by atoms with Crippen LogP contribution in [-0.2, 0) is 13.0 Å². The molecule has 0 aromatic carbocycles. The van der Waals surface area contributed by atoms with E-state index >= 15 is 0 Å². The van der Waals surface area contributed by atoms with E-state index in [2.05, 4.69) is 26.7 Å². The van der Waals surface area contributed by atoms with Crippen LogP contribution in [0, 0.1) is 11.3 Å². The van der Waals surface area contributed by atoms with Crippen LogP contribution in [0.15, 0.2) is 12.5 Å². The molecule has 0 saturated heterocycles. The van der Waals surface area contributed by atoms with E-state index in [-0.39, 0.29) is 5.91 Å². The highest BCUT2D eigenvalue weighted by molar-refractivity contribution is 7.16. The van der Waals surface area contributed by atoms with Crippen molar-refractivity contribution in [3.05, 3.63) is 34.2 Å². The molecule has 1 aliphatic heterocycles. The molecule has 2 aromatic rings. The van der Waals surface area contributed by atoms with Crippen molar-refractivity contribution in [3.8, 4) is 6.07 Å². The number of nitrogens with one attached hydrogen (secondary N) is 3. The largest absolute Gasteiger partial charge is 0.341 e. The highest BCUT2D eigenvalue weighted by Crippen LogP contribution is 2.34. The first kappa shape index (κ1) is 11.9. The number of thiophene rings is 1. The molecular formula is C12H11N5OS. The van der Waals surface area contributed by atoms with Crippen LogP contribution < -0.4 is 10.6 Å². The number of hydrogen-bond donors (Lipinski definition) is 3. The van der Waals surface area contributed by atoms with Crippen LogP contribution in [0.3, 0.4) is 0 Å². The van der Waals surface area contributed by atoms with Gasteiger partial charge in [-0.15, -0.1) is 11.3 Å². The van der Waals surface area contributed by atoms with Crippen molar-refractivity contribution >= 4 is 22.2 Å². The number of nitrogens with zero attached hydrogens (tertiary/aromatic N) is 2. The molecular weight excluding hydrogens is 262 g/mol. The first-order valence-corrected chi connectivity index (χ1v) is 6.66. The molecule has 0 spiro atoms. The van der Waals surface area contributed by atoms with Gasteiger partial charge in [-0.1, -0.05) is 0 Å². The molecule has 0 radical (unpaired) electrons. The summed E-state index contributed by atoms with van der Waals surface area (Å²) in [5.41, 5.74) is 2.04. The van der Waals surface area contributed by atoms with Crippen molar-refractivity contribution in [1.82, 2.24) is 15.3 Å². The highest BCUT2D eigenvalue weighted by atomic mass is 32.1. The number of aromatic amines is 1. The maximum absolute atomic E-state index is 12.0. The molecule has 7 heteroatoms. The number of H-pyrrole nitrogens is 1. The third kappa shape index (κ3) is 2.12. The van der Waals surface area contributed by atoms with Gasteiger partial charge in [0.05, 0.1) is 18.1 Å². The quantitative estimate of drug-likeness (QED) is 0.767. The molecule has 3 N–H and O–H groups in total. The second-order valence-corrected chi connectivity index (χ2v) is 5.27. The molecule has 0 unspecified atom stereocenters. The number of aromatic nitrogens is 2. The molecule has 96 valence electrons. The monoisotopic (exact) mass is 273 g/mol. The zero-order chi connectivity index (χ0) is 13.2. The second kappa shape index (κ2) is 4.84. The molecule has 1 aliphatic rings. The molecule has 3 rings (SSSR count). The van der Waals surface area contributed by atoms with E-state index in [9.17, 15) is 10.1 Å². The molecule has 0 fully saturated rings. The van der Waals surface area contributed by atoms with Gasteiger partial charge in [0.15, 0.2) is 0 Å². The number of carbonyl (C=O) groups excluding carboxylic acids is 1. The molecule has 2 aromatic heterocycles. The maximum atomic E-state index is 12.0. The molecule has 0 atom stereocenters. The molecule has 3 heterocycles. The summed E-state index contributed by atoms with van der Waals surface area (Å²) in [6, 6.07) is 2.20. The SMILES string of the molecule is N#Cc1c(NC(=O)c2cnc[nH]2)sc2c1CCNC2. The predicted octanol–water partition coefficient (Wildman–Crippen LogP) is 1.24. The predicted molar refractivity (Wildman–Crippen MR) is 71.0 cm³/mol. The summed E-state index contributed by atoms with van der Waals surface area (Å²) in [5.74, 6) is -0.277. The average molecular weight is 273 g/mol. The van der Waals surface area contributed by atoms with E-state index < -0.39 is 0 Å². The highest BCUT2D eigenvalue weighted by Gasteiger charge is 2.22. The zero-order valence-electron chi connectivity index (χ0n) is 9.99. The molecule has 0 saturated carbocycles. The Morgan fingerprint density at radius 1 is 1.58 bits per heavy atom. The number of nitriles is 1. The minimum atomic E-state index is -0.277. The van der Waals surface area contributed by atoms with Crippen LogP contribution in [0.2, 0.25) is 0 Å². The summed E-state index contributed by atoms with van der Waals surface area (Å²) in [5, 5.41) is 15.9. The third-order valence-corrected chi connectivity index (χ3v) is 4.16. The maximum Gasteiger partial charge on any atom is 0.274 e. The summed E-state index contributed by atoms with van der Waals surface area (Å²) in [6.07, 6.45) is 3.73. The van der Waals surface area contributed by atoms with Crippen LogP contribution >= 0.6 is 11.3 Å². The van der Waals surface area contributed by atoms with Crippen molar-refractivity contribution < 1.29 is 4.79 Å². The Labute approximate surface area is 113 Å². The number of anilines is 1. The lowest BCUT2D eigenvalue weighted by molar-refractivity contribution is 0.102. The average Bonchev–Trinajstić information content (AvgIpc) is 3.05. The topological polar surface area (TPSA) is 93.6 Å². The van der Waals surface area contributed by atoms with E-state index in [1.54, 1.807) is 0 Å². The van der Waals surface area contributed by atoms with Gasteiger partial charge >= 0.3 is 0 Å². The third-order valence-electron chi connectivity index (χ3n) is 3.01. The number of fused-ring (bicyclic) bond motifs is 1. The van der Waals surface area contributed by atoms with Crippen LogP contribution in [0.25, 0.3) is 0 Å². The lowest BCUT2D eigenvalue weighted by Crippen LogP contribution is -2.22. The fourth-order valence-electron chi connectivity index (χ4n) is 2.09. The van der Waals surface area contributed by atoms with Gasteiger partial charge in [-0.3, -0.25) is 4.79 Å². The number of amides is 1. The lowest BCUT2D eigenvalue weighted by Gasteiger charge is -2.11. The Balaban J connectivity index is 1.91. The van der Waals surface area contributed by atoms with E-state index in [1.807, 2.05) is 0 Å². The fourth-order valence-corrected chi connectivity index (χ4v) is 3.25. The number of rotatable bonds is 2. The normalized spacial score (nSPS) is 13.6. The summed E-state index contributed by atoms with van der Waals surface area (Å²) in [6.45, 7) is 1.63. The zero-order valence-corrected chi connectivity index (χ0v) is 10.8. The van der Waals surface area contributed by atoms with Crippen molar-refractivity contribution in [2.45, 2.75) is 13.0 Å². The van der Waals surface area contributed by atoms with Gasteiger partial charge in [0.25, 0.3) is 5.91 Å². The van der Waals surface area contributed by atoms with Gasteiger partial charge in [0.2, 0.25) is 0 Å². The van der Waals surface area contributed by atoms with Crippen LogP contribution in [-0.4, -0.2) is 22.4 Å². The smallest absolute Gasteiger partial charge is 0.274 e. The van der Waals surface area contributed by atoms with Gasteiger partial charge in [-0.25, -0.2) is 4.98 Å². The number of imidazole rings is 1. The van der Waals surface area contributed by atoms with Gasteiger partial charge in [0.1, 0.15) is 16.8 Å². The second-order valence-electron chi connectivity index (χ2n) is 4.17. The van der Waals surface area contributed by atoms with Gasteiger partial charge < -0.3 is 15.6 Å². The molecule has 0 aliphatic carbocycles. The molecule has 6 nitrogen and oxygen atoms in total.